The highest BCUT2D eigenvalue weighted by atomic mass is 32.2. The molecular weight excluding hydrogens is 384 g/mol. The number of benzene rings is 1. The first-order chi connectivity index (χ1) is 12.8. The molecule has 0 unspecified atom stereocenters. The van der Waals surface area contributed by atoms with Gasteiger partial charge in [0.05, 0.1) is 17.2 Å². The van der Waals surface area contributed by atoms with Crippen LogP contribution in [0.5, 0.6) is 0 Å². The maximum Gasteiger partial charge on any atom is 0.333 e. The predicted octanol–water partition coefficient (Wildman–Crippen LogP) is 0.892. The van der Waals surface area contributed by atoms with E-state index >= 15 is 0 Å². The summed E-state index contributed by atoms with van der Waals surface area (Å²) in [7, 11) is 3.24. The number of nitrogens with zero attached hydrogens (tertiary/aromatic N) is 2. The number of rotatable bonds is 6. The van der Waals surface area contributed by atoms with E-state index in [0.29, 0.717) is 9.20 Å². The van der Waals surface area contributed by atoms with Crippen LogP contribution in [0.2, 0.25) is 0 Å². The molecular formula is C19H22N2O4S2. The zero-order valence-corrected chi connectivity index (χ0v) is 17.4. The van der Waals surface area contributed by atoms with Gasteiger partial charge >= 0.3 is 5.97 Å². The molecule has 2 rings (SSSR count). The topological polar surface area (TPSA) is 68.6 Å². The van der Waals surface area contributed by atoms with Gasteiger partial charge in [0.1, 0.15) is 11.2 Å². The van der Waals surface area contributed by atoms with E-state index in [1.807, 2.05) is 30.5 Å². The number of amides is 1. The first kappa shape index (κ1) is 21.0. The van der Waals surface area contributed by atoms with Crippen LogP contribution in [0.15, 0.2) is 34.0 Å². The van der Waals surface area contributed by atoms with Gasteiger partial charge in [-0.3, -0.25) is 14.2 Å². The van der Waals surface area contributed by atoms with Crippen LogP contribution in [-0.4, -0.2) is 48.3 Å². The summed E-state index contributed by atoms with van der Waals surface area (Å²) in [5.74, 6) is -0.773. The van der Waals surface area contributed by atoms with Crippen molar-refractivity contribution in [3.8, 4) is 0 Å². The maximum absolute atomic E-state index is 12.8. The second-order valence-electron chi connectivity index (χ2n) is 5.80. The molecule has 0 saturated heterocycles. The standard InChI is InChI=1S/C19H22N2O4S2/c1-5-25-18(23)11-17-21(12-16(22)20(2)3)19(24)15(27-17)10-13-6-8-14(26-4)9-7-13/h6-11H,5,12H2,1-4H3/b15-10-,17-11-. The summed E-state index contributed by atoms with van der Waals surface area (Å²) < 4.78 is 7.09. The van der Waals surface area contributed by atoms with Gasteiger partial charge in [0, 0.05) is 19.0 Å². The molecule has 0 fully saturated rings. The molecule has 0 radical (unpaired) electrons. The number of likely N-dealkylation sites (N-methyl/N-ethyl adjacent to an activating group) is 1. The molecule has 0 atom stereocenters. The number of carbonyl (C=O) groups is 2. The third-order valence-electron chi connectivity index (χ3n) is 3.67. The Morgan fingerprint density at radius 1 is 1.26 bits per heavy atom. The Hall–Kier alpha value is -2.32. The van der Waals surface area contributed by atoms with Crippen molar-refractivity contribution < 1.29 is 14.3 Å². The number of hydrogen-bond donors (Lipinski definition) is 0. The van der Waals surface area contributed by atoms with Crippen molar-refractivity contribution in [2.24, 2.45) is 0 Å². The molecule has 1 aromatic carbocycles. The minimum Gasteiger partial charge on any atom is -0.463 e. The van der Waals surface area contributed by atoms with Crippen molar-refractivity contribution in [3.63, 3.8) is 0 Å². The largest absolute Gasteiger partial charge is 0.463 e. The Bertz CT molecular complexity index is 988. The van der Waals surface area contributed by atoms with E-state index in [2.05, 4.69) is 0 Å². The number of esters is 1. The highest BCUT2D eigenvalue weighted by molar-refractivity contribution is 7.98. The van der Waals surface area contributed by atoms with Gasteiger partial charge in [0.15, 0.2) is 0 Å². The number of aromatic nitrogens is 1. The SMILES string of the molecule is CCOC(=O)/C=c1\s/c(=C\c2ccc(SC)cc2)c(=O)n1CC(=O)N(C)C. The van der Waals surface area contributed by atoms with Gasteiger partial charge in [-0.15, -0.1) is 23.1 Å². The Kier molecular flexibility index (Phi) is 7.44. The van der Waals surface area contributed by atoms with Crippen molar-refractivity contribution >= 4 is 47.1 Å². The van der Waals surface area contributed by atoms with E-state index < -0.39 is 5.97 Å². The van der Waals surface area contributed by atoms with Gasteiger partial charge in [-0.05, 0) is 37.0 Å². The van der Waals surface area contributed by atoms with E-state index in [4.69, 9.17) is 4.74 Å². The summed E-state index contributed by atoms with van der Waals surface area (Å²) in [4.78, 5) is 39.3. The average molecular weight is 407 g/mol. The van der Waals surface area contributed by atoms with Crippen molar-refractivity contribution in [2.75, 3.05) is 27.0 Å². The highest BCUT2D eigenvalue weighted by Gasteiger charge is 2.12. The monoisotopic (exact) mass is 406 g/mol. The number of carbonyl (C=O) groups excluding carboxylic acids is 2. The fourth-order valence-electron chi connectivity index (χ4n) is 2.21. The molecule has 1 amide bonds. The van der Waals surface area contributed by atoms with Crippen molar-refractivity contribution in [3.05, 3.63) is 49.4 Å². The molecule has 0 aliphatic heterocycles. The van der Waals surface area contributed by atoms with Crippen molar-refractivity contribution in [1.29, 1.82) is 0 Å². The first-order valence-corrected chi connectivity index (χ1v) is 10.3. The summed E-state index contributed by atoms with van der Waals surface area (Å²) in [6.45, 7) is 1.81. The lowest BCUT2D eigenvalue weighted by Crippen LogP contribution is -2.38. The van der Waals surface area contributed by atoms with Gasteiger partial charge in [-0.2, -0.15) is 0 Å². The maximum atomic E-state index is 12.8. The summed E-state index contributed by atoms with van der Waals surface area (Å²) >= 11 is 2.80. The summed E-state index contributed by atoms with van der Waals surface area (Å²) in [5, 5.41) is 0. The van der Waals surface area contributed by atoms with Crippen LogP contribution in [0.4, 0.5) is 0 Å². The van der Waals surface area contributed by atoms with Crippen LogP contribution in [-0.2, 0) is 20.9 Å². The van der Waals surface area contributed by atoms with Crippen LogP contribution in [0.3, 0.4) is 0 Å². The normalized spacial score (nSPS) is 12.3. The van der Waals surface area contributed by atoms with Gasteiger partial charge in [-0.1, -0.05) is 12.1 Å². The number of hydrogen-bond acceptors (Lipinski definition) is 6. The van der Waals surface area contributed by atoms with E-state index in [0.717, 1.165) is 21.8 Å². The zero-order chi connectivity index (χ0) is 20.0. The predicted molar refractivity (Wildman–Crippen MR) is 109 cm³/mol. The van der Waals surface area contributed by atoms with Crippen LogP contribution < -0.4 is 14.8 Å². The number of ether oxygens (including phenoxy) is 1. The molecule has 6 nitrogen and oxygen atoms in total. The molecule has 27 heavy (non-hydrogen) atoms. The van der Waals surface area contributed by atoms with E-state index in [1.54, 1.807) is 38.9 Å². The van der Waals surface area contributed by atoms with Crippen LogP contribution >= 0.6 is 23.1 Å². The minimum absolute atomic E-state index is 0.132. The smallest absolute Gasteiger partial charge is 0.333 e. The van der Waals surface area contributed by atoms with Crippen molar-refractivity contribution in [1.82, 2.24) is 9.47 Å². The second kappa shape index (κ2) is 9.57. The summed E-state index contributed by atoms with van der Waals surface area (Å²) in [5.41, 5.74) is 0.569. The van der Waals surface area contributed by atoms with E-state index in [-0.39, 0.29) is 24.6 Å². The van der Waals surface area contributed by atoms with Gasteiger partial charge in [0.2, 0.25) is 5.91 Å². The molecule has 0 saturated carbocycles. The first-order valence-electron chi connectivity index (χ1n) is 8.29. The molecule has 1 aromatic heterocycles. The molecule has 144 valence electrons. The van der Waals surface area contributed by atoms with E-state index in [9.17, 15) is 14.4 Å². The van der Waals surface area contributed by atoms with Crippen LogP contribution in [0, 0.1) is 0 Å². The van der Waals surface area contributed by atoms with Gasteiger partial charge < -0.3 is 9.64 Å². The second-order valence-corrected chi connectivity index (χ2v) is 7.74. The zero-order valence-electron chi connectivity index (χ0n) is 15.7. The Balaban J connectivity index is 2.57. The van der Waals surface area contributed by atoms with Crippen LogP contribution in [0.1, 0.15) is 12.5 Å². The molecule has 0 spiro atoms. The molecule has 1 heterocycles. The fraction of sp³-hybridized carbons (Fsp3) is 0.316. The summed E-state index contributed by atoms with van der Waals surface area (Å²) in [6, 6.07) is 7.80. The highest BCUT2D eigenvalue weighted by Crippen LogP contribution is 2.14. The third-order valence-corrected chi connectivity index (χ3v) is 5.47. The lowest BCUT2D eigenvalue weighted by atomic mass is 10.2. The lowest BCUT2D eigenvalue weighted by Gasteiger charge is -2.10. The quantitative estimate of drug-likeness (QED) is 0.527. The number of thiazole rings is 1. The lowest BCUT2D eigenvalue weighted by molar-refractivity contribution is -0.135. The fourth-order valence-corrected chi connectivity index (χ4v) is 3.64. The van der Waals surface area contributed by atoms with Gasteiger partial charge in [0.25, 0.3) is 5.56 Å². The Labute approximate surface area is 165 Å². The summed E-state index contributed by atoms with van der Waals surface area (Å²) in [6.07, 6.45) is 5.01. The molecule has 0 aliphatic carbocycles. The molecule has 0 aliphatic rings. The van der Waals surface area contributed by atoms with E-state index in [1.165, 1.54) is 15.5 Å². The average Bonchev–Trinajstić information content (AvgIpc) is 2.91. The Morgan fingerprint density at radius 3 is 2.48 bits per heavy atom. The van der Waals surface area contributed by atoms with Gasteiger partial charge in [-0.25, -0.2) is 4.79 Å². The molecule has 8 heteroatoms. The molecule has 2 aromatic rings. The van der Waals surface area contributed by atoms with Crippen molar-refractivity contribution in [2.45, 2.75) is 18.4 Å². The molecule has 0 N–H and O–H groups in total. The molecule has 0 bridgehead atoms. The minimum atomic E-state index is -0.541. The number of thioether (sulfide) groups is 1. The third kappa shape index (κ3) is 5.58. The Morgan fingerprint density at radius 2 is 1.93 bits per heavy atom. The van der Waals surface area contributed by atoms with Crippen LogP contribution in [0.25, 0.3) is 12.2 Å².